The lowest BCUT2D eigenvalue weighted by molar-refractivity contribution is 0.520. The van der Waals surface area contributed by atoms with Crippen LogP contribution in [0.1, 0.15) is 5.56 Å². The van der Waals surface area contributed by atoms with Crippen LogP contribution in [0, 0.1) is 0 Å². The fourth-order valence-electron chi connectivity index (χ4n) is 1.70. The largest absolute Gasteiger partial charge is 0.249 e. The molecular weight excluding hydrogens is 316 g/mol. The minimum absolute atomic E-state index is 0.210. The van der Waals surface area contributed by atoms with Crippen molar-refractivity contribution in [1.82, 2.24) is 9.29 Å². The van der Waals surface area contributed by atoms with Gasteiger partial charge in [0.1, 0.15) is 4.90 Å². The molecule has 2 aromatic rings. The van der Waals surface area contributed by atoms with Gasteiger partial charge < -0.3 is 0 Å². The standard InChI is InChI=1S/C16H18N2O2S2/c1-18(2)22(19,20)15-10-11-16(17-13-15)21-12-6-9-14-7-4-3-5-8-14/h3-11,13H,12H2,1-2H3/b9-6+. The molecule has 0 amide bonds. The Balaban J connectivity index is 1.94. The lowest BCUT2D eigenvalue weighted by Crippen LogP contribution is -2.22. The van der Waals surface area contributed by atoms with E-state index in [1.54, 1.807) is 23.9 Å². The summed E-state index contributed by atoms with van der Waals surface area (Å²) in [6, 6.07) is 13.4. The average Bonchev–Trinajstić information content (AvgIpc) is 2.53. The maximum absolute atomic E-state index is 11.9. The Kier molecular flexibility index (Phi) is 5.76. The molecule has 0 fully saturated rings. The SMILES string of the molecule is CN(C)S(=O)(=O)c1ccc(SC/C=C/c2ccccc2)nc1. The molecule has 22 heavy (non-hydrogen) atoms. The quantitative estimate of drug-likeness (QED) is 0.762. The van der Waals surface area contributed by atoms with E-state index in [2.05, 4.69) is 17.1 Å². The fraction of sp³-hybridized carbons (Fsp3) is 0.188. The molecule has 0 radical (unpaired) electrons. The number of hydrogen-bond acceptors (Lipinski definition) is 4. The van der Waals surface area contributed by atoms with E-state index in [1.165, 1.54) is 24.6 Å². The molecule has 1 aromatic carbocycles. The van der Waals surface area contributed by atoms with Crippen molar-refractivity contribution in [2.45, 2.75) is 9.92 Å². The molecule has 0 aliphatic rings. The van der Waals surface area contributed by atoms with Crippen molar-refractivity contribution in [2.24, 2.45) is 0 Å². The Hall–Kier alpha value is -1.63. The topological polar surface area (TPSA) is 50.3 Å². The van der Waals surface area contributed by atoms with E-state index in [0.717, 1.165) is 16.3 Å². The van der Waals surface area contributed by atoms with Crippen LogP contribution in [-0.2, 0) is 10.0 Å². The average molecular weight is 334 g/mol. The number of aromatic nitrogens is 1. The summed E-state index contributed by atoms with van der Waals surface area (Å²) >= 11 is 1.56. The van der Waals surface area contributed by atoms with Crippen molar-refractivity contribution in [1.29, 1.82) is 0 Å². The fourth-order valence-corrected chi connectivity index (χ4v) is 3.20. The van der Waals surface area contributed by atoms with Crippen LogP contribution < -0.4 is 0 Å². The molecule has 0 spiro atoms. The summed E-state index contributed by atoms with van der Waals surface area (Å²) in [6.07, 6.45) is 5.52. The molecule has 6 heteroatoms. The summed E-state index contributed by atoms with van der Waals surface area (Å²) < 4.78 is 25.0. The number of rotatable bonds is 6. The number of benzene rings is 1. The summed E-state index contributed by atoms with van der Waals surface area (Å²) in [5, 5.41) is 0.801. The number of nitrogens with zero attached hydrogens (tertiary/aromatic N) is 2. The maximum Gasteiger partial charge on any atom is 0.244 e. The van der Waals surface area contributed by atoms with Gasteiger partial charge >= 0.3 is 0 Å². The van der Waals surface area contributed by atoms with Gasteiger partial charge in [-0.05, 0) is 17.7 Å². The first-order valence-corrected chi connectivity index (χ1v) is 9.16. The predicted molar refractivity (Wildman–Crippen MR) is 91.3 cm³/mol. The Morgan fingerprint density at radius 1 is 1.14 bits per heavy atom. The zero-order chi connectivity index (χ0) is 16.0. The Labute approximate surface area is 135 Å². The van der Waals surface area contributed by atoms with Crippen molar-refractivity contribution in [3.63, 3.8) is 0 Å². The third kappa shape index (κ3) is 4.43. The molecule has 0 saturated heterocycles. The number of thioether (sulfide) groups is 1. The highest BCUT2D eigenvalue weighted by Crippen LogP contribution is 2.19. The molecule has 1 heterocycles. The van der Waals surface area contributed by atoms with Gasteiger partial charge in [-0.15, -0.1) is 11.8 Å². The molecule has 0 aliphatic heterocycles. The summed E-state index contributed by atoms with van der Waals surface area (Å²) in [6.45, 7) is 0. The summed E-state index contributed by atoms with van der Waals surface area (Å²) in [4.78, 5) is 4.41. The number of hydrogen-bond donors (Lipinski definition) is 0. The van der Waals surface area contributed by atoms with Gasteiger partial charge in [0, 0.05) is 26.0 Å². The van der Waals surface area contributed by atoms with Gasteiger partial charge in [-0.1, -0.05) is 42.5 Å². The van der Waals surface area contributed by atoms with Crippen molar-refractivity contribution in [2.75, 3.05) is 19.8 Å². The van der Waals surface area contributed by atoms with E-state index < -0.39 is 10.0 Å². The molecular formula is C16H18N2O2S2. The van der Waals surface area contributed by atoms with Gasteiger partial charge in [-0.2, -0.15) is 0 Å². The van der Waals surface area contributed by atoms with Gasteiger partial charge in [0.25, 0.3) is 0 Å². The third-order valence-corrected chi connectivity index (χ3v) is 5.62. The molecule has 0 atom stereocenters. The second-order valence-corrected chi connectivity index (χ2v) is 7.94. The van der Waals surface area contributed by atoms with Crippen LogP contribution in [0.3, 0.4) is 0 Å². The number of pyridine rings is 1. The first kappa shape index (κ1) is 16.7. The second-order valence-electron chi connectivity index (χ2n) is 4.74. The minimum Gasteiger partial charge on any atom is -0.249 e. The first-order chi connectivity index (χ1) is 10.5. The minimum atomic E-state index is -3.41. The van der Waals surface area contributed by atoms with Gasteiger partial charge in [0.05, 0.1) is 5.03 Å². The zero-order valence-electron chi connectivity index (χ0n) is 12.5. The normalized spacial score (nSPS) is 12.1. The molecule has 0 aliphatic carbocycles. The Morgan fingerprint density at radius 3 is 2.45 bits per heavy atom. The number of sulfonamides is 1. The van der Waals surface area contributed by atoms with E-state index in [0.29, 0.717) is 0 Å². The summed E-state index contributed by atoms with van der Waals surface area (Å²) in [7, 11) is -0.395. The van der Waals surface area contributed by atoms with Crippen LogP contribution in [0.25, 0.3) is 6.08 Å². The van der Waals surface area contributed by atoms with Gasteiger partial charge in [-0.3, -0.25) is 0 Å². The molecule has 0 unspecified atom stereocenters. The second kappa shape index (κ2) is 7.58. The van der Waals surface area contributed by atoms with Crippen LogP contribution in [0.4, 0.5) is 0 Å². The lowest BCUT2D eigenvalue weighted by Gasteiger charge is -2.10. The van der Waals surface area contributed by atoms with Crippen LogP contribution in [0.5, 0.6) is 0 Å². The highest BCUT2D eigenvalue weighted by Gasteiger charge is 2.17. The van der Waals surface area contributed by atoms with E-state index in [-0.39, 0.29) is 4.90 Å². The van der Waals surface area contributed by atoms with Crippen molar-refractivity contribution in [3.05, 3.63) is 60.3 Å². The van der Waals surface area contributed by atoms with E-state index in [4.69, 9.17) is 0 Å². The molecule has 2 rings (SSSR count). The van der Waals surface area contributed by atoms with E-state index in [1.807, 2.05) is 30.3 Å². The van der Waals surface area contributed by atoms with Gasteiger partial charge in [0.15, 0.2) is 0 Å². The Bertz CT molecular complexity index is 725. The van der Waals surface area contributed by atoms with Crippen molar-refractivity contribution < 1.29 is 8.42 Å². The highest BCUT2D eigenvalue weighted by molar-refractivity contribution is 7.99. The first-order valence-electron chi connectivity index (χ1n) is 6.73. The smallest absolute Gasteiger partial charge is 0.244 e. The van der Waals surface area contributed by atoms with E-state index >= 15 is 0 Å². The molecule has 0 saturated carbocycles. The lowest BCUT2D eigenvalue weighted by atomic mass is 10.2. The molecule has 1 aromatic heterocycles. The summed E-state index contributed by atoms with van der Waals surface area (Å²) in [5.74, 6) is 0.779. The third-order valence-electron chi connectivity index (χ3n) is 2.93. The van der Waals surface area contributed by atoms with Crippen molar-refractivity contribution >= 4 is 27.9 Å². The van der Waals surface area contributed by atoms with Crippen LogP contribution in [0.15, 0.2) is 64.7 Å². The monoisotopic (exact) mass is 334 g/mol. The highest BCUT2D eigenvalue weighted by atomic mass is 32.2. The van der Waals surface area contributed by atoms with Gasteiger partial charge in [0.2, 0.25) is 10.0 Å². The molecule has 116 valence electrons. The maximum atomic E-state index is 11.9. The zero-order valence-corrected chi connectivity index (χ0v) is 14.1. The molecule has 4 nitrogen and oxygen atoms in total. The predicted octanol–water partition coefficient (Wildman–Crippen LogP) is 3.14. The van der Waals surface area contributed by atoms with E-state index in [9.17, 15) is 8.42 Å². The molecule has 0 bridgehead atoms. The van der Waals surface area contributed by atoms with Crippen LogP contribution >= 0.6 is 11.8 Å². The van der Waals surface area contributed by atoms with Crippen LogP contribution in [0.2, 0.25) is 0 Å². The van der Waals surface area contributed by atoms with Crippen LogP contribution in [-0.4, -0.2) is 37.6 Å². The van der Waals surface area contributed by atoms with Gasteiger partial charge in [-0.25, -0.2) is 17.7 Å². The summed E-state index contributed by atoms with van der Waals surface area (Å²) in [5.41, 5.74) is 1.16. The Morgan fingerprint density at radius 2 is 1.86 bits per heavy atom. The van der Waals surface area contributed by atoms with Crippen molar-refractivity contribution in [3.8, 4) is 0 Å². The molecule has 0 N–H and O–H groups in total.